The third-order valence-corrected chi connectivity index (χ3v) is 8.66. The van der Waals surface area contributed by atoms with Crippen LogP contribution in [0.25, 0.3) is 21.9 Å². The second-order valence-corrected chi connectivity index (χ2v) is 11.5. The molecule has 5 aromatic rings. The highest BCUT2D eigenvalue weighted by Gasteiger charge is 2.54. The van der Waals surface area contributed by atoms with Gasteiger partial charge in [-0.15, -0.1) is 0 Å². The molecule has 2 heterocycles. The second-order valence-electron chi connectivity index (χ2n) is 11.1. The number of methoxy groups -OCH3 is 1. The van der Waals surface area contributed by atoms with Crippen LogP contribution in [0, 0.1) is 11.6 Å². The zero-order valence-corrected chi connectivity index (χ0v) is 25.7. The number of fused-ring (bicyclic) bond motifs is 3. The fourth-order valence-electron chi connectivity index (χ4n) is 6.15. The molecule has 1 aliphatic rings. The molecule has 6 rings (SSSR count). The molecule has 14 heteroatoms. The number of ether oxygens (including phenoxy) is 1. The van der Waals surface area contributed by atoms with Crippen LogP contribution in [-0.2, 0) is 25.5 Å². The van der Waals surface area contributed by atoms with Gasteiger partial charge in [0.05, 0.1) is 23.8 Å². The minimum absolute atomic E-state index is 0.0682. The molecule has 3 N–H and O–H groups in total. The van der Waals surface area contributed by atoms with Crippen molar-refractivity contribution in [1.29, 1.82) is 0 Å². The zero-order chi connectivity index (χ0) is 34.9. The Bertz CT molecular complexity index is 2240. The number of hydrogen-bond acceptors (Lipinski definition) is 5. The van der Waals surface area contributed by atoms with Crippen molar-refractivity contribution in [3.05, 3.63) is 133 Å². The van der Waals surface area contributed by atoms with Gasteiger partial charge in [-0.05, 0) is 65.7 Å². The summed E-state index contributed by atoms with van der Waals surface area (Å²) in [7, 11) is 2.80. The number of benzene rings is 4. The van der Waals surface area contributed by atoms with Crippen LogP contribution >= 0.6 is 11.6 Å². The standard InChI is InChI=1S/C34H23ClF5N3O5/c1-42-10-9-20-21(31(42)45)14-22(27-23(30(41)44)11-18(37)13-25(27)34(38,39)40)29-28(20)32(46)43(15-16-3-6-19(48-2)7-4-16)33(29,47)24-12-17(36)5-8-26(24)35/h3-14,47H,15H2,1-2H3,(H2,41,44). The van der Waals surface area contributed by atoms with E-state index in [9.17, 15) is 41.4 Å². The molecule has 8 nitrogen and oxygen atoms in total. The molecule has 0 saturated heterocycles. The zero-order valence-electron chi connectivity index (χ0n) is 25.0. The molecule has 2 amide bonds. The Balaban J connectivity index is 1.83. The number of alkyl halides is 3. The molecule has 1 unspecified atom stereocenters. The lowest BCUT2D eigenvalue weighted by molar-refractivity contribution is -0.137. The third-order valence-electron chi connectivity index (χ3n) is 8.33. The summed E-state index contributed by atoms with van der Waals surface area (Å²) in [5, 5.41) is 12.3. The molecular weight excluding hydrogens is 661 g/mol. The molecule has 0 saturated carbocycles. The van der Waals surface area contributed by atoms with Gasteiger partial charge < -0.3 is 20.1 Å². The number of nitrogens with zero attached hydrogens (tertiary/aromatic N) is 2. The van der Waals surface area contributed by atoms with Crippen LogP contribution in [0.2, 0.25) is 5.02 Å². The molecule has 4 aromatic carbocycles. The minimum Gasteiger partial charge on any atom is -0.497 e. The number of primary amides is 1. The predicted molar refractivity (Wildman–Crippen MR) is 165 cm³/mol. The van der Waals surface area contributed by atoms with Gasteiger partial charge in [-0.25, -0.2) is 8.78 Å². The number of aryl methyl sites for hydroxylation is 1. The SMILES string of the molecule is COc1ccc(CN2C(=O)c3c(c(-c4c(C(N)=O)cc(F)cc4C(F)(F)F)cc4c(=O)n(C)ccc34)C2(O)c2cc(F)ccc2Cl)cc1. The van der Waals surface area contributed by atoms with Crippen molar-refractivity contribution in [2.45, 2.75) is 18.4 Å². The summed E-state index contributed by atoms with van der Waals surface area (Å²) < 4.78 is 79.9. The average molecular weight is 684 g/mol. The highest BCUT2D eigenvalue weighted by atomic mass is 35.5. The molecule has 246 valence electrons. The number of carbonyl (C=O) groups is 2. The molecule has 1 aliphatic heterocycles. The van der Waals surface area contributed by atoms with Gasteiger partial charge in [0.25, 0.3) is 11.5 Å². The number of rotatable bonds is 6. The Hall–Kier alpha value is -5.27. The normalized spacial score (nSPS) is 16.0. The molecule has 0 aliphatic carbocycles. The van der Waals surface area contributed by atoms with E-state index in [1.54, 1.807) is 24.3 Å². The van der Waals surface area contributed by atoms with Crippen LogP contribution in [-0.4, -0.2) is 33.5 Å². The lowest BCUT2D eigenvalue weighted by Crippen LogP contribution is -2.44. The molecule has 0 fully saturated rings. The summed E-state index contributed by atoms with van der Waals surface area (Å²) >= 11 is 6.52. The first-order valence-corrected chi connectivity index (χ1v) is 14.5. The number of amides is 2. The molecule has 1 atom stereocenters. The van der Waals surface area contributed by atoms with E-state index in [0.29, 0.717) is 17.4 Å². The summed E-state index contributed by atoms with van der Waals surface area (Å²) in [5.74, 6) is -4.36. The fourth-order valence-corrected chi connectivity index (χ4v) is 6.40. The van der Waals surface area contributed by atoms with Crippen molar-refractivity contribution >= 4 is 34.2 Å². The first-order valence-electron chi connectivity index (χ1n) is 14.1. The smallest absolute Gasteiger partial charge is 0.417 e. The Labute approximate surface area is 273 Å². The van der Waals surface area contributed by atoms with Crippen LogP contribution in [0.15, 0.2) is 77.7 Å². The van der Waals surface area contributed by atoms with Gasteiger partial charge in [-0.2, -0.15) is 13.2 Å². The largest absolute Gasteiger partial charge is 0.497 e. The first kappa shape index (κ1) is 32.7. The van der Waals surface area contributed by atoms with Gasteiger partial charge in [0, 0.05) is 52.3 Å². The summed E-state index contributed by atoms with van der Waals surface area (Å²) in [6.45, 7) is -0.412. The molecule has 0 radical (unpaired) electrons. The van der Waals surface area contributed by atoms with Gasteiger partial charge in [0.15, 0.2) is 5.72 Å². The maximum atomic E-state index is 14.9. The van der Waals surface area contributed by atoms with Crippen molar-refractivity contribution in [3.8, 4) is 16.9 Å². The summed E-state index contributed by atoms with van der Waals surface area (Å²) in [5.41, 5.74) is -3.42. The van der Waals surface area contributed by atoms with E-state index in [-0.39, 0.29) is 21.9 Å². The van der Waals surface area contributed by atoms with E-state index >= 15 is 0 Å². The maximum absolute atomic E-state index is 14.9. The molecule has 0 spiro atoms. The Kier molecular flexibility index (Phi) is 7.80. The van der Waals surface area contributed by atoms with Crippen LogP contribution in [0.4, 0.5) is 22.0 Å². The number of nitrogens with two attached hydrogens (primary N) is 1. The summed E-state index contributed by atoms with van der Waals surface area (Å²) in [6.07, 6.45) is -4.00. The Morgan fingerprint density at radius 3 is 2.27 bits per heavy atom. The van der Waals surface area contributed by atoms with Crippen LogP contribution in [0.3, 0.4) is 0 Å². The topological polar surface area (TPSA) is 115 Å². The highest BCUT2D eigenvalue weighted by molar-refractivity contribution is 6.31. The van der Waals surface area contributed by atoms with E-state index < -0.39 is 86.4 Å². The lowest BCUT2D eigenvalue weighted by Gasteiger charge is -2.36. The van der Waals surface area contributed by atoms with E-state index in [4.69, 9.17) is 22.1 Å². The van der Waals surface area contributed by atoms with Gasteiger partial charge in [0.1, 0.15) is 17.4 Å². The van der Waals surface area contributed by atoms with E-state index in [0.717, 1.165) is 33.7 Å². The van der Waals surface area contributed by atoms with E-state index in [1.807, 2.05) is 0 Å². The van der Waals surface area contributed by atoms with Crippen molar-refractivity contribution in [2.24, 2.45) is 12.8 Å². The van der Waals surface area contributed by atoms with Crippen LogP contribution in [0.1, 0.15) is 43.0 Å². The lowest BCUT2D eigenvalue weighted by atomic mass is 9.81. The number of aliphatic hydroxyl groups is 1. The van der Waals surface area contributed by atoms with Gasteiger partial charge in [0.2, 0.25) is 5.91 Å². The third kappa shape index (κ3) is 5.06. The van der Waals surface area contributed by atoms with Gasteiger partial charge >= 0.3 is 6.18 Å². The number of hydrogen-bond donors (Lipinski definition) is 2. The number of pyridine rings is 1. The molecular formula is C34H23ClF5N3O5. The number of carbonyl (C=O) groups excluding carboxylic acids is 2. The Morgan fingerprint density at radius 2 is 1.65 bits per heavy atom. The number of halogens is 6. The van der Waals surface area contributed by atoms with Crippen molar-refractivity contribution in [2.75, 3.05) is 7.11 Å². The quantitative estimate of drug-likeness (QED) is 0.210. The first-order chi connectivity index (χ1) is 22.6. The summed E-state index contributed by atoms with van der Waals surface area (Å²) in [6, 6.07) is 12.0. The monoisotopic (exact) mass is 683 g/mol. The maximum Gasteiger partial charge on any atom is 0.417 e. The number of aromatic nitrogens is 1. The highest BCUT2D eigenvalue weighted by Crippen LogP contribution is 2.53. The van der Waals surface area contributed by atoms with E-state index in [1.165, 1.54) is 26.4 Å². The molecule has 48 heavy (non-hydrogen) atoms. The van der Waals surface area contributed by atoms with Gasteiger partial charge in [-0.3, -0.25) is 19.3 Å². The van der Waals surface area contributed by atoms with Crippen LogP contribution < -0.4 is 16.0 Å². The second kappa shape index (κ2) is 11.5. The van der Waals surface area contributed by atoms with Crippen LogP contribution in [0.5, 0.6) is 5.75 Å². The molecule has 0 bridgehead atoms. The molecule has 1 aromatic heterocycles. The van der Waals surface area contributed by atoms with Crippen molar-refractivity contribution < 1.29 is 41.4 Å². The minimum atomic E-state index is -5.31. The van der Waals surface area contributed by atoms with Gasteiger partial charge in [-0.1, -0.05) is 23.7 Å². The Morgan fingerprint density at radius 1 is 0.958 bits per heavy atom. The fraction of sp³-hybridized carbons (Fsp3) is 0.147. The predicted octanol–water partition coefficient (Wildman–Crippen LogP) is 6.11. The van der Waals surface area contributed by atoms with Crippen molar-refractivity contribution in [3.63, 3.8) is 0 Å². The average Bonchev–Trinajstić information content (AvgIpc) is 3.26. The summed E-state index contributed by atoms with van der Waals surface area (Å²) in [4.78, 5) is 41.6. The van der Waals surface area contributed by atoms with Crippen molar-refractivity contribution in [1.82, 2.24) is 9.47 Å². The van der Waals surface area contributed by atoms with E-state index in [2.05, 4.69) is 0 Å².